The molecule has 0 aliphatic heterocycles. The number of carbonyl (C=O) groups is 3. The van der Waals surface area contributed by atoms with Crippen molar-refractivity contribution in [2.75, 3.05) is 13.2 Å². The Labute approximate surface area is 196 Å². The first-order valence-electron chi connectivity index (χ1n) is 12.8. The van der Waals surface area contributed by atoms with Crippen molar-refractivity contribution in [1.82, 2.24) is 0 Å². The zero-order chi connectivity index (χ0) is 24.0. The molecule has 8 atom stereocenters. The second-order valence-electron chi connectivity index (χ2n) is 11.3. The van der Waals surface area contributed by atoms with E-state index < -0.39 is 11.0 Å². The summed E-state index contributed by atoms with van der Waals surface area (Å²) in [6, 6.07) is 0. The van der Waals surface area contributed by atoms with Gasteiger partial charge in [-0.1, -0.05) is 6.92 Å². The van der Waals surface area contributed by atoms with Crippen LogP contribution in [0.4, 0.5) is 0 Å². The summed E-state index contributed by atoms with van der Waals surface area (Å²) in [5.41, 5.74) is -1.66. The van der Waals surface area contributed by atoms with E-state index >= 15 is 0 Å². The third kappa shape index (κ3) is 3.98. The number of esters is 3. The highest BCUT2D eigenvalue weighted by atomic mass is 16.5. The third-order valence-electron chi connectivity index (χ3n) is 9.88. The van der Waals surface area contributed by atoms with Crippen molar-refractivity contribution in [2.45, 2.75) is 97.2 Å². The van der Waals surface area contributed by atoms with Crippen LogP contribution in [0.15, 0.2) is 0 Å². The van der Waals surface area contributed by atoms with E-state index in [2.05, 4.69) is 6.92 Å². The van der Waals surface area contributed by atoms with Crippen LogP contribution < -0.4 is 0 Å². The molecule has 4 saturated carbocycles. The Morgan fingerprint density at radius 1 is 0.909 bits per heavy atom. The first-order valence-corrected chi connectivity index (χ1v) is 12.8. The maximum absolute atomic E-state index is 12.7. The van der Waals surface area contributed by atoms with Crippen LogP contribution in [0.2, 0.25) is 0 Å². The van der Waals surface area contributed by atoms with Crippen LogP contribution in [-0.4, -0.2) is 47.9 Å². The molecule has 0 saturated heterocycles. The molecule has 7 nitrogen and oxygen atoms in total. The van der Waals surface area contributed by atoms with Gasteiger partial charge in [-0.25, -0.2) is 0 Å². The summed E-state index contributed by atoms with van der Waals surface area (Å²) in [7, 11) is 0. The van der Waals surface area contributed by atoms with Crippen molar-refractivity contribution < 1.29 is 33.7 Å². The Balaban J connectivity index is 1.63. The normalized spacial score (nSPS) is 44.1. The molecule has 0 heterocycles. The molecule has 33 heavy (non-hydrogen) atoms. The molecule has 7 heteroatoms. The van der Waals surface area contributed by atoms with Gasteiger partial charge in [0.25, 0.3) is 0 Å². The average Bonchev–Trinajstić information content (AvgIpc) is 3.09. The van der Waals surface area contributed by atoms with Crippen molar-refractivity contribution in [3.8, 4) is 0 Å². The van der Waals surface area contributed by atoms with Crippen LogP contribution in [-0.2, 0) is 28.6 Å². The molecule has 0 aromatic rings. The molecule has 4 fully saturated rings. The van der Waals surface area contributed by atoms with Crippen molar-refractivity contribution in [3.05, 3.63) is 0 Å². The lowest BCUT2D eigenvalue weighted by Crippen LogP contribution is -2.66. The number of hydrogen-bond acceptors (Lipinski definition) is 7. The van der Waals surface area contributed by atoms with Gasteiger partial charge in [0.2, 0.25) is 0 Å². The number of fused-ring (bicyclic) bond motifs is 5. The Morgan fingerprint density at radius 3 is 2.33 bits per heavy atom. The molecule has 4 aliphatic carbocycles. The van der Waals surface area contributed by atoms with Crippen molar-refractivity contribution in [2.24, 2.45) is 34.5 Å². The zero-order valence-corrected chi connectivity index (χ0v) is 20.6. The lowest BCUT2D eigenvalue weighted by atomic mass is 9.43. The Hall–Kier alpha value is -1.63. The first kappa shape index (κ1) is 24.5. The lowest BCUT2D eigenvalue weighted by Gasteiger charge is -2.64. The first-order chi connectivity index (χ1) is 15.6. The van der Waals surface area contributed by atoms with Gasteiger partial charge >= 0.3 is 17.9 Å². The lowest BCUT2D eigenvalue weighted by molar-refractivity contribution is -0.245. The third-order valence-corrected chi connectivity index (χ3v) is 9.88. The van der Waals surface area contributed by atoms with E-state index in [0.717, 1.165) is 32.1 Å². The van der Waals surface area contributed by atoms with Gasteiger partial charge in [0, 0.05) is 25.7 Å². The van der Waals surface area contributed by atoms with Gasteiger partial charge in [0.1, 0.15) is 6.10 Å². The molecule has 0 spiro atoms. The van der Waals surface area contributed by atoms with Crippen molar-refractivity contribution in [1.29, 1.82) is 0 Å². The fourth-order valence-electron chi connectivity index (χ4n) is 8.51. The number of aliphatic hydroxyl groups is 1. The quantitative estimate of drug-likeness (QED) is 0.488. The molecule has 0 amide bonds. The second-order valence-corrected chi connectivity index (χ2v) is 11.3. The molecule has 0 aromatic heterocycles. The predicted octanol–water partition coefficient (Wildman–Crippen LogP) is 3.80. The largest absolute Gasteiger partial charge is 0.466 e. The van der Waals surface area contributed by atoms with Crippen LogP contribution >= 0.6 is 0 Å². The van der Waals surface area contributed by atoms with Gasteiger partial charge in [-0.3, -0.25) is 14.4 Å². The number of ether oxygens (including phenoxy) is 3. The van der Waals surface area contributed by atoms with Gasteiger partial charge in [0.15, 0.2) is 0 Å². The Morgan fingerprint density at radius 2 is 1.67 bits per heavy atom. The minimum absolute atomic E-state index is 0.0617. The smallest absolute Gasteiger partial charge is 0.309 e. The highest BCUT2D eigenvalue weighted by molar-refractivity contribution is 5.74. The summed E-state index contributed by atoms with van der Waals surface area (Å²) in [6.45, 7) is 7.56. The standard InChI is InChI=1S/C26H40O7/c1-5-31-23(29)22-7-6-20-19-9-13-26(30)14-18(33-17(3)28)8-12-25(26,15-32-16(2)27)21(19)10-11-24(20,22)4/h18-22,30H,5-15H2,1-4H3. The van der Waals surface area contributed by atoms with E-state index in [0.29, 0.717) is 44.1 Å². The van der Waals surface area contributed by atoms with Crippen LogP contribution in [0.5, 0.6) is 0 Å². The molecular weight excluding hydrogens is 424 g/mol. The molecule has 0 bridgehead atoms. The van der Waals surface area contributed by atoms with Crippen LogP contribution in [0, 0.1) is 34.5 Å². The molecule has 0 aromatic carbocycles. The van der Waals surface area contributed by atoms with E-state index in [1.165, 1.54) is 13.8 Å². The molecule has 0 radical (unpaired) electrons. The molecule has 186 valence electrons. The minimum Gasteiger partial charge on any atom is -0.466 e. The van der Waals surface area contributed by atoms with Crippen molar-refractivity contribution >= 4 is 17.9 Å². The van der Waals surface area contributed by atoms with E-state index in [-0.39, 0.29) is 47.9 Å². The van der Waals surface area contributed by atoms with Crippen LogP contribution in [0.1, 0.15) is 85.5 Å². The fourth-order valence-corrected chi connectivity index (χ4v) is 8.51. The van der Waals surface area contributed by atoms with E-state index in [1.807, 2.05) is 6.92 Å². The summed E-state index contributed by atoms with van der Waals surface area (Å²) in [5, 5.41) is 12.0. The van der Waals surface area contributed by atoms with Gasteiger partial charge in [0.05, 0.1) is 24.7 Å². The summed E-state index contributed by atoms with van der Waals surface area (Å²) >= 11 is 0. The summed E-state index contributed by atoms with van der Waals surface area (Å²) in [4.78, 5) is 36.1. The SMILES string of the molecule is CCOC(=O)C1CCC2C3CCC4(O)CC(OC(C)=O)CCC4(COC(C)=O)C3CCC12C. The maximum Gasteiger partial charge on any atom is 0.309 e. The molecule has 8 unspecified atom stereocenters. The minimum atomic E-state index is -1.03. The topological polar surface area (TPSA) is 99.1 Å². The highest BCUT2D eigenvalue weighted by Crippen LogP contribution is 2.68. The van der Waals surface area contributed by atoms with Gasteiger partial charge < -0.3 is 19.3 Å². The van der Waals surface area contributed by atoms with E-state index in [4.69, 9.17) is 14.2 Å². The number of hydrogen-bond donors (Lipinski definition) is 1. The molecule has 4 aliphatic rings. The fraction of sp³-hybridized carbons (Fsp3) is 0.885. The molecule has 4 rings (SSSR count). The van der Waals surface area contributed by atoms with E-state index in [9.17, 15) is 19.5 Å². The van der Waals surface area contributed by atoms with Gasteiger partial charge in [-0.2, -0.15) is 0 Å². The van der Waals surface area contributed by atoms with Crippen molar-refractivity contribution in [3.63, 3.8) is 0 Å². The van der Waals surface area contributed by atoms with Gasteiger partial charge in [-0.15, -0.1) is 0 Å². The monoisotopic (exact) mass is 464 g/mol. The maximum atomic E-state index is 12.7. The summed E-state index contributed by atoms with van der Waals surface area (Å²) in [6.07, 6.45) is 6.57. The average molecular weight is 465 g/mol. The van der Waals surface area contributed by atoms with Crippen LogP contribution in [0.25, 0.3) is 0 Å². The van der Waals surface area contributed by atoms with E-state index in [1.54, 1.807) is 0 Å². The zero-order valence-electron chi connectivity index (χ0n) is 20.6. The highest BCUT2D eigenvalue weighted by Gasteiger charge is 2.67. The summed E-state index contributed by atoms with van der Waals surface area (Å²) in [5.74, 6) is 0.208. The van der Waals surface area contributed by atoms with Gasteiger partial charge in [-0.05, 0) is 81.5 Å². The number of rotatable bonds is 5. The second kappa shape index (κ2) is 8.86. The Kier molecular flexibility index (Phi) is 6.58. The molecular formula is C26H40O7. The number of carbonyl (C=O) groups excluding carboxylic acids is 3. The molecule has 1 N–H and O–H groups in total. The van der Waals surface area contributed by atoms with Crippen LogP contribution in [0.3, 0.4) is 0 Å². The predicted molar refractivity (Wildman–Crippen MR) is 120 cm³/mol. The Bertz CT molecular complexity index is 796. The summed E-state index contributed by atoms with van der Waals surface area (Å²) < 4.78 is 16.6.